The molecule has 1 atom stereocenters. The summed E-state index contributed by atoms with van der Waals surface area (Å²) in [7, 11) is 1.67. The van der Waals surface area contributed by atoms with Crippen LogP contribution in [-0.4, -0.2) is 13.3 Å². The zero-order valence-electron chi connectivity index (χ0n) is 10.7. The minimum Gasteiger partial charge on any atom is -0.497 e. The van der Waals surface area contributed by atoms with Gasteiger partial charge in [0, 0.05) is 6.21 Å². The van der Waals surface area contributed by atoms with Crippen LogP contribution in [0.3, 0.4) is 0 Å². The Morgan fingerprint density at radius 1 is 1.00 bits per heavy atom. The second-order valence-corrected chi connectivity index (χ2v) is 4.14. The van der Waals surface area contributed by atoms with E-state index in [1.165, 1.54) is 5.56 Å². The van der Waals surface area contributed by atoms with Gasteiger partial charge in [-0.25, -0.2) is 0 Å². The monoisotopic (exact) mass is 239 g/mol. The molecule has 2 aromatic rings. The molecule has 0 N–H and O–H groups in total. The Labute approximate surface area is 108 Å². The normalized spacial score (nSPS) is 12.6. The molecule has 0 saturated heterocycles. The summed E-state index contributed by atoms with van der Waals surface area (Å²) in [6, 6.07) is 18.3. The standard InChI is InChI=1S/C16H17NO/c1-13(15-6-4-3-5-7-15)17-12-14-8-10-16(18-2)11-9-14/h3-13H,1-2H3/t13-/m1/s1. The van der Waals surface area contributed by atoms with Crippen LogP contribution in [0.15, 0.2) is 59.6 Å². The van der Waals surface area contributed by atoms with Gasteiger partial charge in [-0.05, 0) is 42.3 Å². The summed E-state index contributed by atoms with van der Waals surface area (Å²) in [4.78, 5) is 4.55. The van der Waals surface area contributed by atoms with Crippen LogP contribution in [0, 0.1) is 0 Å². The minimum absolute atomic E-state index is 0.174. The van der Waals surface area contributed by atoms with Crippen molar-refractivity contribution in [1.82, 2.24) is 0 Å². The Hall–Kier alpha value is -2.09. The lowest BCUT2D eigenvalue weighted by molar-refractivity contribution is 0.415. The molecule has 2 aromatic carbocycles. The van der Waals surface area contributed by atoms with Gasteiger partial charge in [0.1, 0.15) is 5.75 Å². The molecule has 0 saturated carbocycles. The lowest BCUT2D eigenvalue weighted by Gasteiger charge is -2.05. The number of ether oxygens (including phenoxy) is 1. The van der Waals surface area contributed by atoms with Crippen molar-refractivity contribution in [1.29, 1.82) is 0 Å². The van der Waals surface area contributed by atoms with E-state index >= 15 is 0 Å². The third kappa shape index (κ3) is 3.20. The highest BCUT2D eigenvalue weighted by molar-refractivity contribution is 5.79. The number of methoxy groups -OCH3 is 1. The zero-order chi connectivity index (χ0) is 12.8. The first-order valence-electron chi connectivity index (χ1n) is 6.02. The van der Waals surface area contributed by atoms with E-state index in [9.17, 15) is 0 Å². The molecule has 0 aliphatic carbocycles. The van der Waals surface area contributed by atoms with Gasteiger partial charge in [0.25, 0.3) is 0 Å². The second kappa shape index (κ2) is 6.01. The SMILES string of the molecule is COc1ccc(C=N[C@H](C)c2ccccc2)cc1. The quantitative estimate of drug-likeness (QED) is 0.742. The maximum Gasteiger partial charge on any atom is 0.118 e. The van der Waals surface area contributed by atoms with E-state index in [1.54, 1.807) is 7.11 Å². The summed E-state index contributed by atoms with van der Waals surface area (Å²) >= 11 is 0. The predicted molar refractivity (Wildman–Crippen MR) is 75.4 cm³/mol. The molecule has 0 heterocycles. The molecule has 2 rings (SSSR count). The number of benzene rings is 2. The Kier molecular flexibility index (Phi) is 4.13. The van der Waals surface area contributed by atoms with Crippen LogP contribution in [0.1, 0.15) is 24.1 Å². The Morgan fingerprint density at radius 3 is 2.28 bits per heavy atom. The fraction of sp³-hybridized carbons (Fsp3) is 0.188. The third-order valence-corrected chi connectivity index (χ3v) is 2.84. The van der Waals surface area contributed by atoms with Crippen LogP contribution >= 0.6 is 0 Å². The molecule has 0 fully saturated rings. The van der Waals surface area contributed by atoms with Crippen LogP contribution in [0.4, 0.5) is 0 Å². The number of rotatable bonds is 4. The van der Waals surface area contributed by atoms with Crippen molar-refractivity contribution in [3.8, 4) is 5.75 Å². The average Bonchev–Trinajstić information content (AvgIpc) is 2.46. The fourth-order valence-electron chi connectivity index (χ4n) is 1.71. The number of hydrogen-bond acceptors (Lipinski definition) is 2. The molecule has 2 nitrogen and oxygen atoms in total. The summed E-state index contributed by atoms with van der Waals surface area (Å²) in [5, 5.41) is 0. The molecule has 92 valence electrons. The van der Waals surface area contributed by atoms with Gasteiger partial charge in [-0.1, -0.05) is 30.3 Å². The Morgan fingerprint density at radius 2 is 1.67 bits per heavy atom. The molecule has 0 radical (unpaired) electrons. The number of hydrogen-bond donors (Lipinski definition) is 0. The molecule has 18 heavy (non-hydrogen) atoms. The Bertz CT molecular complexity index is 502. The fourth-order valence-corrected chi connectivity index (χ4v) is 1.71. The number of nitrogens with zero attached hydrogens (tertiary/aromatic N) is 1. The molecule has 0 aliphatic rings. The number of aliphatic imine (C=N–C) groups is 1. The van der Waals surface area contributed by atoms with Crippen molar-refractivity contribution < 1.29 is 4.74 Å². The van der Waals surface area contributed by atoms with Gasteiger partial charge in [0.2, 0.25) is 0 Å². The van der Waals surface area contributed by atoms with Crippen LogP contribution in [0.2, 0.25) is 0 Å². The van der Waals surface area contributed by atoms with Gasteiger partial charge in [-0.2, -0.15) is 0 Å². The highest BCUT2D eigenvalue weighted by Gasteiger charge is 2.00. The molecule has 0 spiro atoms. The molecular weight excluding hydrogens is 222 g/mol. The topological polar surface area (TPSA) is 21.6 Å². The van der Waals surface area contributed by atoms with E-state index in [2.05, 4.69) is 24.0 Å². The van der Waals surface area contributed by atoms with E-state index in [1.807, 2.05) is 48.7 Å². The van der Waals surface area contributed by atoms with Crippen molar-refractivity contribution in [2.75, 3.05) is 7.11 Å². The molecule has 0 amide bonds. The summed E-state index contributed by atoms with van der Waals surface area (Å²) in [6.07, 6.45) is 1.90. The first kappa shape index (κ1) is 12.4. The third-order valence-electron chi connectivity index (χ3n) is 2.84. The summed E-state index contributed by atoms with van der Waals surface area (Å²) in [6.45, 7) is 2.09. The van der Waals surface area contributed by atoms with Gasteiger partial charge in [0.15, 0.2) is 0 Å². The van der Waals surface area contributed by atoms with Crippen molar-refractivity contribution in [3.05, 3.63) is 65.7 Å². The van der Waals surface area contributed by atoms with Crippen molar-refractivity contribution in [3.63, 3.8) is 0 Å². The van der Waals surface area contributed by atoms with E-state index in [0.29, 0.717) is 0 Å². The molecule has 0 unspecified atom stereocenters. The minimum atomic E-state index is 0.174. The molecule has 0 bridgehead atoms. The van der Waals surface area contributed by atoms with E-state index in [0.717, 1.165) is 11.3 Å². The summed E-state index contributed by atoms with van der Waals surface area (Å²) in [5.41, 5.74) is 2.31. The van der Waals surface area contributed by atoms with Crippen LogP contribution in [0.25, 0.3) is 0 Å². The van der Waals surface area contributed by atoms with Crippen molar-refractivity contribution in [2.45, 2.75) is 13.0 Å². The highest BCUT2D eigenvalue weighted by Crippen LogP contribution is 2.16. The van der Waals surface area contributed by atoms with Gasteiger partial charge in [-0.15, -0.1) is 0 Å². The Balaban J connectivity index is 2.06. The van der Waals surface area contributed by atoms with Gasteiger partial charge < -0.3 is 4.74 Å². The second-order valence-electron chi connectivity index (χ2n) is 4.14. The van der Waals surface area contributed by atoms with E-state index < -0.39 is 0 Å². The molecular formula is C16H17NO. The average molecular weight is 239 g/mol. The predicted octanol–water partition coefficient (Wildman–Crippen LogP) is 3.88. The first-order chi connectivity index (χ1) is 8.79. The smallest absolute Gasteiger partial charge is 0.118 e. The van der Waals surface area contributed by atoms with Crippen LogP contribution in [-0.2, 0) is 0 Å². The van der Waals surface area contributed by atoms with Crippen molar-refractivity contribution in [2.24, 2.45) is 4.99 Å². The summed E-state index contributed by atoms with van der Waals surface area (Å²) < 4.78 is 5.12. The largest absolute Gasteiger partial charge is 0.497 e. The van der Waals surface area contributed by atoms with Gasteiger partial charge in [0.05, 0.1) is 13.2 Å². The lowest BCUT2D eigenvalue weighted by atomic mass is 10.1. The molecule has 0 aliphatic heterocycles. The highest BCUT2D eigenvalue weighted by atomic mass is 16.5. The molecule has 2 heteroatoms. The van der Waals surface area contributed by atoms with E-state index in [4.69, 9.17) is 4.74 Å². The van der Waals surface area contributed by atoms with E-state index in [-0.39, 0.29) is 6.04 Å². The first-order valence-corrected chi connectivity index (χ1v) is 6.02. The summed E-state index contributed by atoms with van der Waals surface area (Å²) in [5.74, 6) is 0.864. The van der Waals surface area contributed by atoms with Crippen LogP contribution in [0.5, 0.6) is 5.75 Å². The van der Waals surface area contributed by atoms with Crippen molar-refractivity contribution >= 4 is 6.21 Å². The maximum absolute atomic E-state index is 5.12. The lowest BCUT2D eigenvalue weighted by Crippen LogP contribution is -1.91. The van der Waals surface area contributed by atoms with Crippen LogP contribution < -0.4 is 4.74 Å². The zero-order valence-corrected chi connectivity index (χ0v) is 10.7. The van der Waals surface area contributed by atoms with Gasteiger partial charge in [-0.3, -0.25) is 4.99 Å². The molecule has 0 aromatic heterocycles. The van der Waals surface area contributed by atoms with Gasteiger partial charge >= 0.3 is 0 Å². The maximum atomic E-state index is 5.12.